The molecule has 15 heavy (non-hydrogen) atoms. The third-order valence-corrected chi connectivity index (χ3v) is 2.92. The Hall–Kier alpha value is -1.62. The molecule has 0 bridgehead atoms. The van der Waals surface area contributed by atoms with E-state index in [0.717, 1.165) is 0 Å². The minimum atomic E-state index is -3.49. The lowest BCUT2D eigenvalue weighted by molar-refractivity contribution is -0.131. The van der Waals surface area contributed by atoms with Crippen LogP contribution in [0.2, 0.25) is 0 Å². The quantitative estimate of drug-likeness (QED) is 0.783. The van der Waals surface area contributed by atoms with E-state index in [4.69, 9.17) is 5.11 Å². The van der Waals surface area contributed by atoms with Gasteiger partial charge in [0.25, 0.3) is 0 Å². The lowest BCUT2D eigenvalue weighted by Gasteiger charge is -1.98. The smallest absolute Gasteiger partial charge is 0.329 e. The van der Waals surface area contributed by atoms with Crippen molar-refractivity contribution in [3.63, 3.8) is 0 Å². The maximum Gasteiger partial charge on any atom is 0.329 e. The highest BCUT2D eigenvalue weighted by Gasteiger charge is 2.07. The molecule has 0 saturated carbocycles. The summed E-state index contributed by atoms with van der Waals surface area (Å²) < 4.78 is 22.7. The van der Waals surface area contributed by atoms with Crippen molar-refractivity contribution in [1.82, 2.24) is 0 Å². The van der Waals surface area contributed by atoms with Crippen molar-refractivity contribution in [1.29, 1.82) is 0 Å². The molecule has 0 aliphatic heterocycles. The second kappa shape index (κ2) is 4.75. The van der Waals surface area contributed by atoms with Crippen LogP contribution in [0.15, 0.2) is 41.8 Å². The number of carboxylic acids is 1. The average molecular weight is 226 g/mol. The van der Waals surface area contributed by atoms with Crippen molar-refractivity contribution in [3.8, 4) is 0 Å². The van der Waals surface area contributed by atoms with E-state index in [1.54, 1.807) is 30.3 Å². The van der Waals surface area contributed by atoms with Crippen LogP contribution in [0.5, 0.6) is 0 Å². The molecule has 0 atom stereocenters. The number of aliphatic carboxylic acids is 1. The molecule has 1 aromatic carbocycles. The first-order chi connectivity index (χ1) is 6.99. The molecule has 5 heteroatoms. The predicted octanol–water partition coefficient (Wildman–Crippen LogP) is 1.20. The molecule has 0 aromatic heterocycles. The minimum Gasteiger partial charge on any atom is -0.478 e. The number of hydrogen-bond acceptors (Lipinski definition) is 3. The molecule has 4 nitrogen and oxygen atoms in total. The molecule has 80 valence electrons. The maximum atomic E-state index is 11.4. The Morgan fingerprint density at radius 2 is 1.87 bits per heavy atom. The summed E-state index contributed by atoms with van der Waals surface area (Å²) in [6, 6.07) is 8.58. The van der Waals surface area contributed by atoms with Crippen molar-refractivity contribution in [2.45, 2.75) is 5.75 Å². The van der Waals surface area contributed by atoms with Gasteiger partial charge in [-0.2, -0.15) is 0 Å². The summed E-state index contributed by atoms with van der Waals surface area (Å²) in [5.41, 5.74) is 0.632. The van der Waals surface area contributed by atoms with Crippen molar-refractivity contribution in [2.24, 2.45) is 0 Å². The third kappa shape index (κ3) is 4.42. The summed E-state index contributed by atoms with van der Waals surface area (Å²) in [6.45, 7) is 0. The average Bonchev–Trinajstić information content (AvgIpc) is 2.16. The van der Waals surface area contributed by atoms with E-state index >= 15 is 0 Å². The number of benzene rings is 1. The van der Waals surface area contributed by atoms with Crippen LogP contribution in [0.4, 0.5) is 0 Å². The standard InChI is InChI=1S/C10H10O4S/c11-10(12)6-7-15(13,14)8-9-4-2-1-3-5-9/h1-7H,8H2,(H,11,12). The van der Waals surface area contributed by atoms with E-state index in [-0.39, 0.29) is 5.75 Å². The third-order valence-electron chi connectivity index (χ3n) is 1.63. The number of carbonyl (C=O) groups is 1. The summed E-state index contributed by atoms with van der Waals surface area (Å²) in [5.74, 6) is -1.45. The molecule has 0 fully saturated rings. The fourth-order valence-corrected chi connectivity index (χ4v) is 2.09. The minimum absolute atomic E-state index is 0.183. The predicted molar refractivity (Wildman–Crippen MR) is 55.8 cm³/mol. The first-order valence-corrected chi connectivity index (χ1v) is 5.89. The monoisotopic (exact) mass is 226 g/mol. The Morgan fingerprint density at radius 1 is 1.27 bits per heavy atom. The highest BCUT2D eigenvalue weighted by Crippen LogP contribution is 2.06. The van der Waals surface area contributed by atoms with Crippen LogP contribution in [0, 0.1) is 0 Å². The van der Waals surface area contributed by atoms with E-state index < -0.39 is 15.8 Å². The summed E-state index contributed by atoms with van der Waals surface area (Å²) >= 11 is 0. The lowest BCUT2D eigenvalue weighted by atomic mass is 10.2. The van der Waals surface area contributed by atoms with Crippen LogP contribution in [0.3, 0.4) is 0 Å². The Balaban J connectivity index is 2.78. The molecule has 1 rings (SSSR count). The summed E-state index contributed by atoms with van der Waals surface area (Å²) in [7, 11) is -3.49. The molecule has 0 spiro atoms. The highest BCUT2D eigenvalue weighted by molar-refractivity contribution is 7.93. The number of rotatable bonds is 4. The van der Waals surface area contributed by atoms with E-state index in [1.807, 2.05) is 0 Å². The van der Waals surface area contributed by atoms with Crippen LogP contribution in [0.25, 0.3) is 0 Å². The van der Waals surface area contributed by atoms with Crippen LogP contribution >= 0.6 is 0 Å². The Bertz CT molecular complexity index is 459. The first-order valence-electron chi connectivity index (χ1n) is 4.17. The number of hydrogen-bond donors (Lipinski definition) is 1. The second-order valence-electron chi connectivity index (χ2n) is 2.93. The molecular formula is C10H10O4S. The van der Waals surface area contributed by atoms with Crippen molar-refractivity contribution < 1.29 is 18.3 Å². The first kappa shape index (κ1) is 11.5. The van der Waals surface area contributed by atoms with Gasteiger partial charge in [0.05, 0.1) is 5.75 Å². The van der Waals surface area contributed by atoms with E-state index in [0.29, 0.717) is 17.0 Å². The zero-order valence-electron chi connectivity index (χ0n) is 7.83. The van der Waals surface area contributed by atoms with Gasteiger partial charge >= 0.3 is 5.97 Å². The summed E-state index contributed by atoms with van der Waals surface area (Å²) in [4.78, 5) is 10.1. The van der Waals surface area contributed by atoms with E-state index in [1.165, 1.54) is 0 Å². The molecule has 1 aromatic rings. The van der Waals surface area contributed by atoms with Crippen molar-refractivity contribution in [2.75, 3.05) is 0 Å². The zero-order chi connectivity index (χ0) is 11.3. The normalized spacial score (nSPS) is 11.7. The molecule has 0 heterocycles. The molecule has 0 amide bonds. The largest absolute Gasteiger partial charge is 0.478 e. The van der Waals surface area contributed by atoms with Gasteiger partial charge in [-0.25, -0.2) is 13.2 Å². The fraction of sp³-hybridized carbons (Fsp3) is 0.100. The summed E-state index contributed by atoms with van der Waals surface area (Å²) in [6.07, 6.45) is 0.623. The van der Waals surface area contributed by atoms with Crippen LogP contribution < -0.4 is 0 Å². The van der Waals surface area contributed by atoms with E-state index in [9.17, 15) is 13.2 Å². The maximum absolute atomic E-state index is 11.4. The van der Waals surface area contributed by atoms with Crippen LogP contribution in [-0.4, -0.2) is 19.5 Å². The topological polar surface area (TPSA) is 71.4 Å². The highest BCUT2D eigenvalue weighted by atomic mass is 32.2. The Labute approximate surface area is 87.8 Å². The SMILES string of the molecule is O=C(O)C=CS(=O)(=O)Cc1ccccc1. The fourth-order valence-electron chi connectivity index (χ4n) is 1.02. The van der Waals surface area contributed by atoms with Gasteiger partial charge in [0, 0.05) is 11.5 Å². The summed E-state index contributed by atoms with van der Waals surface area (Å²) in [5, 5.41) is 9.00. The molecule has 0 radical (unpaired) electrons. The molecular weight excluding hydrogens is 216 g/mol. The molecule has 0 aliphatic carbocycles. The lowest BCUT2D eigenvalue weighted by Crippen LogP contribution is -2.01. The van der Waals surface area contributed by atoms with Crippen molar-refractivity contribution in [3.05, 3.63) is 47.4 Å². The number of carboxylic acid groups (broad SMARTS) is 1. The van der Waals surface area contributed by atoms with Gasteiger partial charge in [-0.15, -0.1) is 0 Å². The van der Waals surface area contributed by atoms with Gasteiger partial charge < -0.3 is 5.11 Å². The zero-order valence-corrected chi connectivity index (χ0v) is 8.65. The molecule has 1 N–H and O–H groups in total. The van der Waals surface area contributed by atoms with Gasteiger partial charge in [-0.3, -0.25) is 0 Å². The van der Waals surface area contributed by atoms with Gasteiger partial charge in [0.2, 0.25) is 0 Å². The Morgan fingerprint density at radius 3 is 2.40 bits per heavy atom. The second-order valence-corrected chi connectivity index (χ2v) is 4.82. The Kier molecular flexibility index (Phi) is 3.62. The van der Waals surface area contributed by atoms with Crippen LogP contribution in [-0.2, 0) is 20.4 Å². The van der Waals surface area contributed by atoms with Gasteiger partial charge in [0.1, 0.15) is 0 Å². The van der Waals surface area contributed by atoms with Gasteiger partial charge in [-0.1, -0.05) is 30.3 Å². The molecule has 0 unspecified atom stereocenters. The number of sulfone groups is 1. The van der Waals surface area contributed by atoms with Crippen molar-refractivity contribution >= 4 is 15.8 Å². The molecule has 0 aliphatic rings. The van der Waals surface area contributed by atoms with Gasteiger partial charge in [0.15, 0.2) is 9.84 Å². The van der Waals surface area contributed by atoms with Gasteiger partial charge in [-0.05, 0) is 5.56 Å². The molecule has 0 saturated heterocycles. The van der Waals surface area contributed by atoms with Crippen LogP contribution in [0.1, 0.15) is 5.56 Å². The van der Waals surface area contributed by atoms with E-state index in [2.05, 4.69) is 0 Å².